The van der Waals surface area contributed by atoms with Crippen molar-refractivity contribution in [2.24, 2.45) is 4.99 Å². The summed E-state index contributed by atoms with van der Waals surface area (Å²) in [7, 11) is 0. The van der Waals surface area contributed by atoms with Gasteiger partial charge in [0.15, 0.2) is 0 Å². The van der Waals surface area contributed by atoms with Crippen LogP contribution in [-0.4, -0.2) is 5.71 Å². The Kier molecular flexibility index (Phi) is 4.93. The molecule has 0 atom stereocenters. The first kappa shape index (κ1) is 22.7. The van der Waals surface area contributed by atoms with Crippen LogP contribution in [0.2, 0.25) is 0 Å². The Morgan fingerprint density at radius 1 is 0.553 bits per heavy atom. The van der Waals surface area contributed by atoms with Gasteiger partial charge in [-0.25, -0.2) is 0 Å². The zero-order chi connectivity index (χ0) is 26.0. The number of aliphatic imine (C=N–C) groups is 1. The van der Waals surface area contributed by atoms with E-state index in [4.69, 9.17) is 4.99 Å². The first-order valence-corrected chi connectivity index (χ1v) is 13.3. The maximum Gasteiger partial charge on any atom is 0.0633 e. The lowest BCUT2D eigenvalue weighted by Gasteiger charge is -2.22. The highest BCUT2D eigenvalue weighted by Crippen LogP contribution is 2.51. The Labute approximate surface area is 223 Å². The van der Waals surface area contributed by atoms with Gasteiger partial charge < -0.3 is 0 Å². The van der Waals surface area contributed by atoms with E-state index < -0.39 is 0 Å². The van der Waals surface area contributed by atoms with Gasteiger partial charge in [-0.05, 0) is 90.8 Å². The van der Waals surface area contributed by atoms with Crippen LogP contribution in [0.15, 0.2) is 121 Å². The highest BCUT2D eigenvalue weighted by atomic mass is 14.7. The van der Waals surface area contributed by atoms with Crippen molar-refractivity contribution >= 4 is 43.7 Å². The largest absolute Gasteiger partial charge is 0.253 e. The molecule has 0 aliphatic heterocycles. The fraction of sp³-hybridized carbons (Fsp3) is 0.108. The second-order valence-corrected chi connectivity index (χ2v) is 10.9. The van der Waals surface area contributed by atoms with Crippen LogP contribution < -0.4 is 0 Å². The number of hydrogen-bond donors (Lipinski definition) is 0. The van der Waals surface area contributed by atoms with Gasteiger partial charge in [-0.15, -0.1) is 0 Å². The van der Waals surface area contributed by atoms with Gasteiger partial charge in [-0.2, -0.15) is 0 Å². The molecule has 7 rings (SSSR count). The highest BCUT2D eigenvalue weighted by molar-refractivity contribution is 6.26. The first-order chi connectivity index (χ1) is 18.4. The Balaban J connectivity index is 1.45. The van der Waals surface area contributed by atoms with Gasteiger partial charge in [0.05, 0.1) is 5.70 Å². The first-order valence-electron chi connectivity index (χ1n) is 13.3. The summed E-state index contributed by atoms with van der Waals surface area (Å²) in [5, 5.41) is 7.90. The van der Waals surface area contributed by atoms with Crippen LogP contribution in [0.3, 0.4) is 0 Å². The Bertz CT molecular complexity index is 1950. The predicted octanol–water partition coefficient (Wildman–Crippen LogP) is 9.93. The Morgan fingerprint density at radius 2 is 1.08 bits per heavy atom. The molecular formula is C37H29N. The average molecular weight is 488 g/mol. The predicted molar refractivity (Wildman–Crippen MR) is 164 cm³/mol. The summed E-state index contributed by atoms with van der Waals surface area (Å²) >= 11 is 0. The van der Waals surface area contributed by atoms with E-state index in [1.165, 1.54) is 54.6 Å². The molecule has 0 saturated carbocycles. The standard InChI is InChI=1S/C37H29N/c1-23(25-12-6-5-7-13-25)38-24(2)26-18-19-35-33(20-26)34-21-31-29-16-10-8-14-27(29)28-15-9-11-17-30(28)32(31)22-36(34)37(35,3)4/h5-22H,1H2,2-4H3. The maximum atomic E-state index is 4.88. The third-order valence-corrected chi connectivity index (χ3v) is 8.37. The van der Waals surface area contributed by atoms with E-state index in [-0.39, 0.29) is 5.41 Å². The van der Waals surface area contributed by atoms with E-state index in [9.17, 15) is 0 Å². The molecule has 1 heteroatoms. The van der Waals surface area contributed by atoms with Crippen LogP contribution in [0.25, 0.3) is 49.1 Å². The van der Waals surface area contributed by atoms with Crippen molar-refractivity contribution in [2.75, 3.05) is 0 Å². The van der Waals surface area contributed by atoms with Gasteiger partial charge in [-0.3, -0.25) is 4.99 Å². The van der Waals surface area contributed by atoms with Crippen LogP contribution in [0.1, 0.15) is 43.0 Å². The molecular weight excluding hydrogens is 458 g/mol. The highest BCUT2D eigenvalue weighted by Gasteiger charge is 2.36. The summed E-state index contributed by atoms with van der Waals surface area (Å²) in [4.78, 5) is 4.88. The molecule has 0 amide bonds. The number of hydrogen-bond acceptors (Lipinski definition) is 1. The topological polar surface area (TPSA) is 12.4 Å². The minimum Gasteiger partial charge on any atom is -0.253 e. The van der Waals surface area contributed by atoms with Crippen molar-refractivity contribution in [1.82, 2.24) is 0 Å². The minimum absolute atomic E-state index is 0.0805. The zero-order valence-corrected chi connectivity index (χ0v) is 22.0. The van der Waals surface area contributed by atoms with Crippen LogP contribution in [0.4, 0.5) is 0 Å². The molecule has 0 fully saturated rings. The lowest BCUT2D eigenvalue weighted by molar-refractivity contribution is 0.661. The number of rotatable bonds is 3. The third-order valence-electron chi connectivity index (χ3n) is 8.37. The van der Waals surface area contributed by atoms with Gasteiger partial charge in [0.2, 0.25) is 0 Å². The van der Waals surface area contributed by atoms with Crippen LogP contribution in [-0.2, 0) is 5.41 Å². The normalized spacial score (nSPS) is 14.1. The molecule has 6 aromatic rings. The molecule has 0 heterocycles. The van der Waals surface area contributed by atoms with E-state index in [1.54, 1.807) is 0 Å². The van der Waals surface area contributed by atoms with E-state index in [1.807, 2.05) is 18.2 Å². The van der Waals surface area contributed by atoms with Crippen molar-refractivity contribution < 1.29 is 0 Å². The fourth-order valence-corrected chi connectivity index (χ4v) is 6.34. The molecule has 38 heavy (non-hydrogen) atoms. The lowest BCUT2D eigenvalue weighted by atomic mass is 9.81. The van der Waals surface area contributed by atoms with Crippen molar-refractivity contribution in [2.45, 2.75) is 26.2 Å². The van der Waals surface area contributed by atoms with Crippen molar-refractivity contribution in [3.8, 4) is 11.1 Å². The Hall–Kier alpha value is -4.49. The number of nitrogens with zero attached hydrogens (tertiary/aromatic N) is 1. The van der Waals surface area contributed by atoms with Crippen molar-refractivity contribution in [1.29, 1.82) is 0 Å². The average Bonchev–Trinajstić information content (AvgIpc) is 3.18. The van der Waals surface area contributed by atoms with E-state index >= 15 is 0 Å². The molecule has 0 saturated heterocycles. The smallest absolute Gasteiger partial charge is 0.0633 e. The van der Waals surface area contributed by atoms with E-state index in [0.717, 1.165) is 22.5 Å². The molecule has 182 valence electrons. The van der Waals surface area contributed by atoms with Gasteiger partial charge in [0, 0.05) is 11.1 Å². The van der Waals surface area contributed by atoms with Crippen molar-refractivity contribution in [3.63, 3.8) is 0 Å². The molecule has 0 spiro atoms. The zero-order valence-electron chi connectivity index (χ0n) is 22.0. The number of benzene rings is 6. The lowest BCUT2D eigenvalue weighted by Crippen LogP contribution is -2.15. The van der Waals surface area contributed by atoms with E-state index in [2.05, 4.69) is 118 Å². The molecule has 0 unspecified atom stereocenters. The second kappa shape index (κ2) is 8.26. The molecule has 0 bridgehead atoms. The third kappa shape index (κ3) is 3.28. The molecule has 6 aromatic carbocycles. The van der Waals surface area contributed by atoms with Gasteiger partial charge >= 0.3 is 0 Å². The van der Waals surface area contributed by atoms with Gasteiger partial charge in [-0.1, -0.05) is 111 Å². The SMILES string of the molecule is C=C(N=C(C)c1ccc2c(c1)-c1cc3c4ccccc4c4ccccc4c3cc1C2(C)C)c1ccccc1. The maximum absolute atomic E-state index is 4.88. The number of fused-ring (bicyclic) bond motifs is 9. The van der Waals surface area contributed by atoms with E-state index in [0.29, 0.717) is 0 Å². The molecule has 0 N–H and O–H groups in total. The molecule has 1 aliphatic carbocycles. The summed E-state index contributed by atoms with van der Waals surface area (Å²) in [5.74, 6) is 0. The van der Waals surface area contributed by atoms with Crippen molar-refractivity contribution in [3.05, 3.63) is 138 Å². The summed E-state index contributed by atoms with van der Waals surface area (Å²) in [6, 6.07) is 39.5. The van der Waals surface area contributed by atoms with Gasteiger partial charge in [0.1, 0.15) is 0 Å². The van der Waals surface area contributed by atoms with Crippen LogP contribution >= 0.6 is 0 Å². The second-order valence-electron chi connectivity index (χ2n) is 10.9. The molecule has 0 aromatic heterocycles. The molecule has 1 aliphatic rings. The van der Waals surface area contributed by atoms with Crippen LogP contribution in [0, 0.1) is 0 Å². The van der Waals surface area contributed by atoms with Gasteiger partial charge in [0.25, 0.3) is 0 Å². The summed E-state index contributed by atoms with van der Waals surface area (Å²) in [6.45, 7) is 11.0. The summed E-state index contributed by atoms with van der Waals surface area (Å²) < 4.78 is 0. The summed E-state index contributed by atoms with van der Waals surface area (Å²) in [5.41, 5.74) is 9.26. The monoisotopic (exact) mass is 487 g/mol. The molecule has 1 nitrogen and oxygen atoms in total. The summed E-state index contributed by atoms with van der Waals surface area (Å²) in [6.07, 6.45) is 0. The van der Waals surface area contributed by atoms with Crippen LogP contribution in [0.5, 0.6) is 0 Å². The molecule has 0 radical (unpaired) electrons. The minimum atomic E-state index is -0.0805. The Morgan fingerprint density at radius 3 is 1.71 bits per heavy atom. The quantitative estimate of drug-likeness (QED) is 0.174. The fourth-order valence-electron chi connectivity index (χ4n) is 6.34.